The predicted octanol–water partition coefficient (Wildman–Crippen LogP) is 7.66. The molecule has 3 atom stereocenters. The summed E-state index contributed by atoms with van der Waals surface area (Å²) in [6.45, 7) is 22.3. The Labute approximate surface area is 380 Å². The van der Waals surface area contributed by atoms with Gasteiger partial charge < -0.3 is 39.0 Å². The molecular weight excluding hydrogens is 831 g/mol. The molecule has 7 heterocycles. The van der Waals surface area contributed by atoms with E-state index in [2.05, 4.69) is 53.9 Å². The van der Waals surface area contributed by atoms with E-state index in [4.69, 9.17) is 33.7 Å². The Morgan fingerprint density at radius 1 is 0.923 bits per heavy atom. The second-order valence-electron chi connectivity index (χ2n) is 18.3. The number of nitrogens with zero attached hydrogens (tertiary/aromatic N) is 4. The van der Waals surface area contributed by atoms with E-state index in [-0.39, 0.29) is 42.8 Å². The molecule has 0 aliphatic carbocycles. The monoisotopic (exact) mass is 895 g/mol. The Balaban J connectivity index is 1.34. The van der Waals surface area contributed by atoms with Crippen LogP contribution in [0.3, 0.4) is 0 Å². The molecule has 7 rings (SSSR count). The quantitative estimate of drug-likeness (QED) is 0.0769. The number of carbonyl (C=O) groups excluding carboxylic acids is 4. The molecule has 16 heteroatoms. The number of fused-ring (bicyclic) bond motifs is 8. The molecule has 3 aromatic rings. The lowest BCUT2D eigenvalue weighted by molar-refractivity contribution is -0.140. The molecule has 0 spiro atoms. The van der Waals surface area contributed by atoms with Gasteiger partial charge in [-0.15, -0.1) is 0 Å². The Morgan fingerprint density at radius 3 is 2.34 bits per heavy atom. The molecule has 3 amide bonds. The first-order chi connectivity index (χ1) is 31.0. The first-order valence-electron chi connectivity index (χ1n) is 22.9. The second-order valence-corrected chi connectivity index (χ2v) is 18.3. The van der Waals surface area contributed by atoms with Gasteiger partial charge in [0.2, 0.25) is 0 Å². The van der Waals surface area contributed by atoms with Crippen molar-refractivity contribution in [2.24, 2.45) is 0 Å². The molecule has 4 aliphatic rings. The number of aromatic nitrogens is 4. The topological polar surface area (TPSA) is 190 Å². The first-order valence-corrected chi connectivity index (χ1v) is 22.9. The normalized spacial score (nSPS) is 18.3. The van der Waals surface area contributed by atoms with Gasteiger partial charge in [-0.3, -0.25) is 29.2 Å². The van der Waals surface area contributed by atoms with Crippen LogP contribution in [-0.2, 0) is 28.5 Å². The Bertz CT molecular complexity index is 2530. The van der Waals surface area contributed by atoms with Crippen LogP contribution in [0.25, 0.3) is 33.2 Å². The van der Waals surface area contributed by atoms with Crippen molar-refractivity contribution in [1.82, 2.24) is 35.1 Å². The minimum atomic E-state index is -0.582. The number of alkyl carbamates (subject to hydrolysis) is 1. The molecule has 3 aromatic heterocycles. The Morgan fingerprint density at radius 2 is 1.63 bits per heavy atom. The lowest BCUT2D eigenvalue weighted by atomic mass is 9.84. The number of amides is 3. The van der Waals surface area contributed by atoms with Crippen molar-refractivity contribution in [3.8, 4) is 0 Å². The molecule has 0 radical (unpaired) electrons. The van der Waals surface area contributed by atoms with Crippen LogP contribution in [0.15, 0.2) is 18.2 Å². The summed E-state index contributed by atoms with van der Waals surface area (Å²) in [4.78, 5) is 75.6. The summed E-state index contributed by atoms with van der Waals surface area (Å²) >= 11 is 0. The molecule has 1 unspecified atom stereocenters. The number of rotatable bonds is 15. The largest absolute Gasteiger partial charge is 0.469 e. The van der Waals surface area contributed by atoms with Crippen LogP contribution < -0.4 is 5.32 Å². The van der Waals surface area contributed by atoms with Crippen LogP contribution in [0.5, 0.6) is 0 Å². The van der Waals surface area contributed by atoms with Gasteiger partial charge in [-0.2, -0.15) is 0 Å². The van der Waals surface area contributed by atoms with Gasteiger partial charge in [-0.25, -0.2) is 9.78 Å². The summed E-state index contributed by atoms with van der Waals surface area (Å²) in [5, 5.41) is 2.70. The van der Waals surface area contributed by atoms with Crippen LogP contribution in [-0.4, -0.2) is 132 Å². The second kappa shape index (κ2) is 20.0. The summed E-state index contributed by atoms with van der Waals surface area (Å²) in [7, 11) is 1.37. The van der Waals surface area contributed by atoms with Gasteiger partial charge in [0.1, 0.15) is 5.60 Å². The fraction of sp³-hybridized carbons (Fsp3) is 0.551. The first kappa shape index (κ1) is 47.5. The van der Waals surface area contributed by atoms with Crippen molar-refractivity contribution in [2.45, 2.75) is 105 Å². The maximum atomic E-state index is 15.0. The molecule has 8 bridgehead atoms. The fourth-order valence-electron chi connectivity index (χ4n) is 9.32. The predicted molar refractivity (Wildman–Crippen MR) is 248 cm³/mol. The molecule has 16 nitrogen and oxygen atoms in total. The molecule has 0 saturated carbocycles. The number of morpholine rings is 1. The Hall–Kier alpha value is -5.42. The smallest absolute Gasteiger partial charge is 0.407 e. The van der Waals surface area contributed by atoms with E-state index in [0.717, 1.165) is 75.5 Å². The number of H-pyrrole nitrogens is 2. The van der Waals surface area contributed by atoms with Gasteiger partial charge in [0.25, 0.3) is 11.8 Å². The zero-order valence-electron chi connectivity index (χ0n) is 39.6. The van der Waals surface area contributed by atoms with Crippen LogP contribution in [0.4, 0.5) is 4.79 Å². The number of hydrogen-bond donors (Lipinski definition) is 3. The van der Waals surface area contributed by atoms with Crippen molar-refractivity contribution in [3.05, 3.63) is 68.8 Å². The number of imide groups is 1. The van der Waals surface area contributed by atoms with Gasteiger partial charge in [-0.1, -0.05) is 13.8 Å². The number of allylic oxidation sites excluding steroid dienone is 2. The fourth-order valence-corrected chi connectivity index (χ4v) is 9.32. The van der Waals surface area contributed by atoms with Gasteiger partial charge in [0, 0.05) is 78.8 Å². The molecule has 4 aliphatic heterocycles. The van der Waals surface area contributed by atoms with E-state index in [1.54, 1.807) is 0 Å². The van der Waals surface area contributed by atoms with E-state index in [1.165, 1.54) is 12.0 Å². The maximum absolute atomic E-state index is 15.0. The minimum absolute atomic E-state index is 0.127. The van der Waals surface area contributed by atoms with E-state index in [1.807, 2.05) is 46.8 Å². The zero-order chi connectivity index (χ0) is 46.7. The zero-order valence-corrected chi connectivity index (χ0v) is 39.6. The van der Waals surface area contributed by atoms with Crippen molar-refractivity contribution in [2.75, 3.05) is 72.9 Å². The van der Waals surface area contributed by atoms with E-state index < -0.39 is 17.6 Å². The average molecular weight is 896 g/mol. The van der Waals surface area contributed by atoms with Crippen molar-refractivity contribution < 1.29 is 42.9 Å². The highest BCUT2D eigenvalue weighted by atomic mass is 16.6. The van der Waals surface area contributed by atoms with Crippen LogP contribution >= 0.6 is 0 Å². The highest BCUT2D eigenvalue weighted by Crippen LogP contribution is 2.44. The van der Waals surface area contributed by atoms with Crippen LogP contribution in [0.2, 0.25) is 0 Å². The summed E-state index contributed by atoms with van der Waals surface area (Å²) in [6, 6.07) is 6.08. The number of nitrogens with one attached hydrogen (secondary N) is 3. The van der Waals surface area contributed by atoms with Crippen molar-refractivity contribution >= 4 is 57.1 Å². The molecule has 3 N–H and O–H groups in total. The molecule has 350 valence electrons. The van der Waals surface area contributed by atoms with Gasteiger partial charge in [-0.05, 0) is 102 Å². The molecule has 1 saturated heterocycles. The minimum Gasteiger partial charge on any atom is -0.469 e. The Kier molecular flexibility index (Phi) is 14.6. The van der Waals surface area contributed by atoms with Crippen LogP contribution in [0.1, 0.15) is 146 Å². The highest BCUT2D eigenvalue weighted by molar-refractivity contribution is 6.23. The molecule has 0 aromatic carbocycles. The number of carbonyl (C=O) groups is 4. The molecule has 65 heavy (non-hydrogen) atoms. The van der Waals surface area contributed by atoms with Crippen molar-refractivity contribution in [3.63, 3.8) is 0 Å². The number of methoxy groups -OCH3 is 1. The lowest BCUT2D eigenvalue weighted by Gasteiger charge is -2.31. The summed E-state index contributed by atoms with van der Waals surface area (Å²) in [5.74, 6) is -1.67. The SMILES string of the molecule is CCC1=C(C)c2cc3[nH]c(cc4nc(c5c6[nH]c(cc1n2)c(C)c6C(=O)N(CCN1CCOCC1)C5=O)[C@@H](CCC(=O)OC)[C@@H]4C)c(C)c3C(C)OCCOCCNC(=O)OC(C)(C)C. The third-order valence-electron chi connectivity index (χ3n) is 12.9. The summed E-state index contributed by atoms with van der Waals surface area (Å²) < 4.78 is 28.1. The number of ether oxygens (including phenoxy) is 5. The molecular formula is C49H65N7O9. The number of esters is 1. The molecule has 1 fully saturated rings. The number of aryl methyl sites for hydroxylation is 2. The van der Waals surface area contributed by atoms with Crippen molar-refractivity contribution in [1.29, 1.82) is 0 Å². The third kappa shape index (κ3) is 10.2. The van der Waals surface area contributed by atoms with Gasteiger partial charge in [0.15, 0.2) is 0 Å². The van der Waals surface area contributed by atoms with Crippen LogP contribution in [0, 0.1) is 13.8 Å². The lowest BCUT2D eigenvalue weighted by Crippen LogP contribution is -2.47. The summed E-state index contributed by atoms with van der Waals surface area (Å²) in [6.07, 6.45) is 0.383. The van der Waals surface area contributed by atoms with E-state index in [0.29, 0.717) is 80.4 Å². The van der Waals surface area contributed by atoms with Gasteiger partial charge >= 0.3 is 12.1 Å². The average Bonchev–Trinajstić information content (AvgIpc) is 3.95. The third-order valence-corrected chi connectivity index (χ3v) is 12.9. The van der Waals surface area contributed by atoms with Gasteiger partial charge in [0.05, 0.1) is 80.0 Å². The standard InChI is InChI=1S/C49H65N7O9/c1-11-32-27(2)34-26-39-41(31(6)64-23-22-62-19-14-50-48(60)65-49(7,8)9)29(4)36(52-39)24-35-28(3)33(12-13-40(57)61-10)44(53-35)43-45-42(30(5)37(54-45)25-38(32)51-34)46(58)56(47(43)59)16-15-55-17-20-63-21-18-55/h24-26,28,31,33,52,54H,11-23H2,1-10H3,(H,50,60)/t28-,31?,33-/m0/s1. The van der Waals surface area contributed by atoms with E-state index >= 15 is 4.79 Å². The van der Waals surface area contributed by atoms with E-state index in [9.17, 15) is 14.4 Å². The highest BCUT2D eigenvalue weighted by Gasteiger charge is 2.41. The number of hydrogen-bond acceptors (Lipinski definition) is 12. The summed E-state index contributed by atoms with van der Waals surface area (Å²) in [5.41, 5.74) is 10.6. The number of aromatic amines is 2. The maximum Gasteiger partial charge on any atom is 0.407 e.